The van der Waals surface area contributed by atoms with Crippen LogP contribution in [0.1, 0.15) is 33.1 Å². The molecule has 0 amide bonds. The molecule has 1 N–H and O–H groups in total. The molecule has 3 heteroatoms. The Bertz CT molecular complexity index is 173. The molecule has 0 bridgehead atoms. The first kappa shape index (κ1) is 13.9. The van der Waals surface area contributed by atoms with Gasteiger partial charge in [0.05, 0.1) is 0 Å². The summed E-state index contributed by atoms with van der Waals surface area (Å²) >= 11 is 0. The number of hydrogen-bond donors (Lipinski definition) is 1. The molecule has 0 spiro atoms. The number of unbranched alkanes of at least 4 members (excludes halogenated alkanes) is 1. The van der Waals surface area contributed by atoms with Crippen molar-refractivity contribution in [2.75, 3.05) is 39.9 Å². The minimum absolute atomic E-state index is 0.715. The molecule has 0 aromatic heterocycles. The lowest BCUT2D eigenvalue weighted by atomic mass is 10.1. The van der Waals surface area contributed by atoms with Crippen molar-refractivity contribution in [2.45, 2.75) is 39.2 Å². The van der Waals surface area contributed by atoms with Crippen LogP contribution in [-0.4, -0.2) is 50.8 Å². The van der Waals surface area contributed by atoms with E-state index in [1.165, 1.54) is 38.9 Å². The summed E-state index contributed by atoms with van der Waals surface area (Å²) in [4.78, 5) is 2.58. The topological polar surface area (TPSA) is 24.5 Å². The van der Waals surface area contributed by atoms with Crippen molar-refractivity contribution in [1.82, 2.24) is 10.2 Å². The number of nitrogens with zero attached hydrogens (tertiary/aromatic N) is 1. The van der Waals surface area contributed by atoms with E-state index < -0.39 is 0 Å². The van der Waals surface area contributed by atoms with Crippen molar-refractivity contribution in [3.63, 3.8) is 0 Å². The van der Waals surface area contributed by atoms with Crippen molar-refractivity contribution in [3.8, 4) is 0 Å². The van der Waals surface area contributed by atoms with E-state index >= 15 is 0 Å². The Hall–Kier alpha value is -0.120. The molecule has 0 aromatic carbocycles. The molecule has 1 rings (SSSR count). The Kier molecular flexibility index (Phi) is 7.01. The summed E-state index contributed by atoms with van der Waals surface area (Å²) in [6, 6.07) is 0.715. The molecule has 1 fully saturated rings. The zero-order valence-corrected chi connectivity index (χ0v) is 11.2. The SMILES string of the molecule is COCCCCNCC1CCN(C(C)C)C1. The fourth-order valence-corrected chi connectivity index (χ4v) is 2.30. The molecule has 16 heavy (non-hydrogen) atoms. The Labute approximate surface area is 101 Å². The molecule has 1 aliphatic heterocycles. The Morgan fingerprint density at radius 1 is 1.38 bits per heavy atom. The molecule has 0 aromatic rings. The molecule has 0 aliphatic carbocycles. The minimum atomic E-state index is 0.715. The summed E-state index contributed by atoms with van der Waals surface area (Å²) in [6.07, 6.45) is 3.77. The van der Waals surface area contributed by atoms with Gasteiger partial charge in [-0.15, -0.1) is 0 Å². The van der Waals surface area contributed by atoms with E-state index in [0.29, 0.717) is 6.04 Å². The summed E-state index contributed by atoms with van der Waals surface area (Å²) in [5, 5.41) is 3.56. The van der Waals surface area contributed by atoms with Crippen LogP contribution in [-0.2, 0) is 4.74 Å². The number of likely N-dealkylation sites (tertiary alicyclic amines) is 1. The van der Waals surface area contributed by atoms with E-state index in [0.717, 1.165) is 19.1 Å². The molecule has 0 radical (unpaired) electrons. The number of methoxy groups -OCH3 is 1. The van der Waals surface area contributed by atoms with E-state index in [1.807, 2.05) is 0 Å². The predicted octanol–water partition coefficient (Wildman–Crippen LogP) is 1.73. The summed E-state index contributed by atoms with van der Waals surface area (Å²) in [5.74, 6) is 0.866. The predicted molar refractivity (Wildman–Crippen MR) is 68.8 cm³/mol. The lowest BCUT2D eigenvalue weighted by Gasteiger charge is -2.20. The van der Waals surface area contributed by atoms with Gasteiger partial charge in [-0.1, -0.05) is 0 Å². The molecule has 3 nitrogen and oxygen atoms in total. The van der Waals surface area contributed by atoms with Crippen molar-refractivity contribution >= 4 is 0 Å². The first-order chi connectivity index (χ1) is 7.74. The van der Waals surface area contributed by atoms with Gasteiger partial charge in [0.2, 0.25) is 0 Å². The molecule has 96 valence electrons. The van der Waals surface area contributed by atoms with Crippen molar-refractivity contribution < 1.29 is 4.74 Å². The lowest BCUT2D eigenvalue weighted by Crippen LogP contribution is -2.31. The summed E-state index contributed by atoms with van der Waals surface area (Å²) in [7, 11) is 1.77. The fourth-order valence-electron chi connectivity index (χ4n) is 2.30. The average Bonchev–Trinajstić information content (AvgIpc) is 2.72. The van der Waals surface area contributed by atoms with Crippen LogP contribution in [0, 0.1) is 5.92 Å². The van der Waals surface area contributed by atoms with Crippen LogP contribution in [0.3, 0.4) is 0 Å². The Balaban J connectivity index is 1.94. The smallest absolute Gasteiger partial charge is 0.0462 e. The summed E-state index contributed by atoms with van der Waals surface area (Å²) in [6.45, 7) is 10.4. The van der Waals surface area contributed by atoms with Gasteiger partial charge in [0.1, 0.15) is 0 Å². The van der Waals surface area contributed by atoms with Gasteiger partial charge >= 0.3 is 0 Å². The van der Waals surface area contributed by atoms with E-state index in [1.54, 1.807) is 7.11 Å². The zero-order valence-electron chi connectivity index (χ0n) is 11.2. The van der Waals surface area contributed by atoms with Crippen LogP contribution in [0.25, 0.3) is 0 Å². The van der Waals surface area contributed by atoms with Gasteiger partial charge in [-0.05, 0) is 58.7 Å². The largest absolute Gasteiger partial charge is 0.385 e. The van der Waals surface area contributed by atoms with Crippen LogP contribution >= 0.6 is 0 Å². The third-order valence-electron chi connectivity index (χ3n) is 3.43. The summed E-state index contributed by atoms with van der Waals surface area (Å²) in [5.41, 5.74) is 0. The maximum Gasteiger partial charge on any atom is 0.0462 e. The number of hydrogen-bond acceptors (Lipinski definition) is 3. The molecular formula is C13H28N2O. The van der Waals surface area contributed by atoms with Crippen LogP contribution in [0.2, 0.25) is 0 Å². The van der Waals surface area contributed by atoms with Crippen LogP contribution in [0.4, 0.5) is 0 Å². The molecule has 1 heterocycles. The highest BCUT2D eigenvalue weighted by atomic mass is 16.5. The number of ether oxygens (including phenoxy) is 1. The highest BCUT2D eigenvalue weighted by Gasteiger charge is 2.23. The second-order valence-corrected chi connectivity index (χ2v) is 5.15. The van der Waals surface area contributed by atoms with Crippen LogP contribution < -0.4 is 5.32 Å². The standard InChI is InChI=1S/C13H28N2O/c1-12(2)15-8-6-13(11-15)10-14-7-4-5-9-16-3/h12-14H,4-11H2,1-3H3. The monoisotopic (exact) mass is 228 g/mol. The maximum atomic E-state index is 5.03. The van der Waals surface area contributed by atoms with Gasteiger partial charge < -0.3 is 15.0 Å². The van der Waals surface area contributed by atoms with Crippen molar-refractivity contribution in [1.29, 1.82) is 0 Å². The molecular weight excluding hydrogens is 200 g/mol. The first-order valence-electron chi connectivity index (χ1n) is 6.67. The van der Waals surface area contributed by atoms with Gasteiger partial charge in [-0.25, -0.2) is 0 Å². The average molecular weight is 228 g/mol. The third kappa shape index (κ3) is 5.28. The quantitative estimate of drug-likeness (QED) is 0.640. The maximum absolute atomic E-state index is 5.03. The minimum Gasteiger partial charge on any atom is -0.385 e. The highest BCUT2D eigenvalue weighted by Crippen LogP contribution is 2.17. The van der Waals surface area contributed by atoms with Gasteiger partial charge in [0.15, 0.2) is 0 Å². The van der Waals surface area contributed by atoms with E-state index in [2.05, 4.69) is 24.1 Å². The van der Waals surface area contributed by atoms with Crippen LogP contribution in [0.15, 0.2) is 0 Å². The number of rotatable bonds is 8. The number of nitrogens with one attached hydrogen (secondary N) is 1. The normalized spacial score (nSPS) is 22.1. The molecule has 1 saturated heterocycles. The van der Waals surface area contributed by atoms with E-state index in [-0.39, 0.29) is 0 Å². The van der Waals surface area contributed by atoms with Crippen LogP contribution in [0.5, 0.6) is 0 Å². The van der Waals surface area contributed by atoms with Gasteiger partial charge in [0.25, 0.3) is 0 Å². The molecule has 1 unspecified atom stereocenters. The van der Waals surface area contributed by atoms with Crippen molar-refractivity contribution in [3.05, 3.63) is 0 Å². The van der Waals surface area contributed by atoms with Gasteiger partial charge in [-0.2, -0.15) is 0 Å². The molecule has 1 aliphatic rings. The highest BCUT2D eigenvalue weighted by molar-refractivity contribution is 4.78. The van der Waals surface area contributed by atoms with E-state index in [4.69, 9.17) is 4.74 Å². The Morgan fingerprint density at radius 2 is 2.19 bits per heavy atom. The van der Waals surface area contributed by atoms with Crippen molar-refractivity contribution in [2.24, 2.45) is 5.92 Å². The third-order valence-corrected chi connectivity index (χ3v) is 3.43. The lowest BCUT2D eigenvalue weighted by molar-refractivity contribution is 0.192. The second-order valence-electron chi connectivity index (χ2n) is 5.15. The first-order valence-corrected chi connectivity index (χ1v) is 6.67. The van der Waals surface area contributed by atoms with Gasteiger partial charge in [-0.3, -0.25) is 0 Å². The second kappa shape index (κ2) is 8.04. The van der Waals surface area contributed by atoms with Gasteiger partial charge in [0, 0.05) is 26.3 Å². The van der Waals surface area contributed by atoms with E-state index in [9.17, 15) is 0 Å². The zero-order chi connectivity index (χ0) is 11.8. The summed E-state index contributed by atoms with van der Waals surface area (Å²) < 4.78 is 5.03. The fraction of sp³-hybridized carbons (Fsp3) is 1.00. The Morgan fingerprint density at radius 3 is 2.81 bits per heavy atom. The molecule has 0 saturated carbocycles. The molecule has 1 atom stereocenters.